The summed E-state index contributed by atoms with van der Waals surface area (Å²) in [6.07, 6.45) is 0. The molecule has 0 bridgehead atoms. The second-order valence-corrected chi connectivity index (χ2v) is 2.82. The average molecular weight is 154 g/mol. The normalized spacial score (nSPS) is 13.4. The summed E-state index contributed by atoms with van der Waals surface area (Å²) in [6, 6.07) is 1.97. The van der Waals surface area contributed by atoms with Crippen LogP contribution in [0.4, 0.5) is 0 Å². The molecule has 1 unspecified atom stereocenters. The van der Waals surface area contributed by atoms with Crippen LogP contribution in [-0.2, 0) is 0 Å². The monoisotopic (exact) mass is 154 g/mol. The molecule has 0 spiro atoms. The molecule has 0 radical (unpaired) electrons. The van der Waals surface area contributed by atoms with Gasteiger partial charge in [-0.1, -0.05) is 12.1 Å². The van der Waals surface area contributed by atoms with Gasteiger partial charge >= 0.3 is 0 Å². The van der Waals surface area contributed by atoms with E-state index in [1.807, 2.05) is 20.0 Å². The lowest BCUT2D eigenvalue weighted by Gasteiger charge is -2.04. The molecule has 1 aromatic rings. The fraction of sp³-hybridized carbons (Fsp3) is 0.625. The van der Waals surface area contributed by atoms with Gasteiger partial charge in [0.05, 0.1) is 5.69 Å². The molecule has 62 valence electrons. The highest BCUT2D eigenvalue weighted by Crippen LogP contribution is 2.12. The Morgan fingerprint density at radius 3 is 2.91 bits per heavy atom. The van der Waals surface area contributed by atoms with E-state index in [-0.39, 0.29) is 0 Å². The Morgan fingerprint density at radius 1 is 1.73 bits per heavy atom. The predicted molar refractivity (Wildman–Crippen MR) is 43.6 cm³/mol. The Morgan fingerprint density at radius 2 is 2.45 bits per heavy atom. The van der Waals surface area contributed by atoms with Crippen molar-refractivity contribution in [3.05, 3.63) is 17.5 Å². The molecular weight excluding hydrogens is 140 g/mol. The first-order chi connectivity index (χ1) is 5.24. The maximum atomic E-state index is 4.95. The number of rotatable bonds is 3. The van der Waals surface area contributed by atoms with Gasteiger partial charge in [-0.05, 0) is 14.0 Å². The van der Waals surface area contributed by atoms with E-state index >= 15 is 0 Å². The van der Waals surface area contributed by atoms with Crippen LogP contribution in [0.2, 0.25) is 0 Å². The Labute approximate surface area is 66.8 Å². The number of nitrogens with zero attached hydrogens (tertiary/aromatic N) is 1. The van der Waals surface area contributed by atoms with Crippen molar-refractivity contribution in [1.29, 1.82) is 0 Å². The first kappa shape index (κ1) is 8.27. The largest absolute Gasteiger partial charge is 0.361 e. The lowest BCUT2D eigenvalue weighted by Crippen LogP contribution is -2.14. The van der Waals surface area contributed by atoms with Gasteiger partial charge in [0.2, 0.25) is 0 Å². The van der Waals surface area contributed by atoms with Crippen LogP contribution >= 0.6 is 0 Å². The summed E-state index contributed by atoms with van der Waals surface area (Å²) in [5.74, 6) is 1.31. The Balaban J connectivity index is 2.60. The van der Waals surface area contributed by atoms with Gasteiger partial charge in [0, 0.05) is 18.5 Å². The first-order valence-electron chi connectivity index (χ1n) is 3.82. The van der Waals surface area contributed by atoms with Crippen LogP contribution in [0.5, 0.6) is 0 Å². The van der Waals surface area contributed by atoms with Crippen LogP contribution in [-0.4, -0.2) is 18.7 Å². The molecule has 0 amide bonds. The zero-order valence-corrected chi connectivity index (χ0v) is 7.22. The number of likely N-dealkylation sites (N-methyl/N-ethyl adjacent to an activating group) is 1. The topological polar surface area (TPSA) is 38.1 Å². The standard InChI is InChI=1S/C8H14N2O/c1-6(5-9-3)8-4-7(2)11-10-8/h4,6,9H,5H2,1-3H3. The molecule has 3 nitrogen and oxygen atoms in total. The van der Waals surface area contributed by atoms with Crippen molar-refractivity contribution in [2.45, 2.75) is 19.8 Å². The summed E-state index contributed by atoms with van der Waals surface area (Å²) < 4.78 is 4.95. The molecule has 0 aliphatic heterocycles. The van der Waals surface area contributed by atoms with Crippen LogP contribution in [0.1, 0.15) is 24.3 Å². The van der Waals surface area contributed by atoms with Gasteiger partial charge in [-0.3, -0.25) is 0 Å². The molecule has 0 aliphatic rings. The summed E-state index contributed by atoms with van der Waals surface area (Å²) in [7, 11) is 1.93. The van der Waals surface area contributed by atoms with Gasteiger partial charge in [-0.25, -0.2) is 0 Å². The lowest BCUT2D eigenvalue weighted by atomic mass is 10.1. The van der Waals surface area contributed by atoms with E-state index < -0.39 is 0 Å². The van der Waals surface area contributed by atoms with E-state index in [4.69, 9.17) is 4.52 Å². The van der Waals surface area contributed by atoms with Crippen molar-refractivity contribution in [2.75, 3.05) is 13.6 Å². The minimum atomic E-state index is 0.428. The number of nitrogens with one attached hydrogen (secondary N) is 1. The van der Waals surface area contributed by atoms with Gasteiger partial charge in [0.15, 0.2) is 0 Å². The van der Waals surface area contributed by atoms with E-state index in [0.29, 0.717) is 5.92 Å². The van der Waals surface area contributed by atoms with E-state index in [1.165, 1.54) is 0 Å². The highest BCUT2D eigenvalue weighted by Gasteiger charge is 2.08. The van der Waals surface area contributed by atoms with E-state index in [2.05, 4.69) is 17.4 Å². The predicted octanol–water partition coefficient (Wildman–Crippen LogP) is 1.31. The molecular formula is C8H14N2O. The van der Waals surface area contributed by atoms with Gasteiger partial charge < -0.3 is 9.84 Å². The van der Waals surface area contributed by atoms with Gasteiger partial charge in [-0.2, -0.15) is 0 Å². The molecule has 0 saturated carbocycles. The SMILES string of the molecule is CNCC(C)c1cc(C)on1. The Hall–Kier alpha value is -0.830. The fourth-order valence-corrected chi connectivity index (χ4v) is 1.03. The minimum Gasteiger partial charge on any atom is -0.361 e. The highest BCUT2D eigenvalue weighted by atomic mass is 16.5. The maximum absolute atomic E-state index is 4.95. The third-order valence-corrected chi connectivity index (χ3v) is 1.66. The number of aryl methyl sites for hydroxylation is 1. The number of hydrogen-bond acceptors (Lipinski definition) is 3. The van der Waals surface area contributed by atoms with Crippen LogP contribution in [0.3, 0.4) is 0 Å². The quantitative estimate of drug-likeness (QED) is 0.713. The smallest absolute Gasteiger partial charge is 0.133 e. The van der Waals surface area contributed by atoms with Crippen molar-refractivity contribution < 1.29 is 4.52 Å². The molecule has 0 saturated heterocycles. The van der Waals surface area contributed by atoms with E-state index in [0.717, 1.165) is 18.0 Å². The average Bonchev–Trinajstić information content (AvgIpc) is 2.36. The van der Waals surface area contributed by atoms with E-state index in [1.54, 1.807) is 0 Å². The van der Waals surface area contributed by atoms with Crippen molar-refractivity contribution in [1.82, 2.24) is 10.5 Å². The Bertz CT molecular complexity index is 220. The van der Waals surface area contributed by atoms with Crippen LogP contribution in [0.15, 0.2) is 10.6 Å². The zero-order valence-electron chi connectivity index (χ0n) is 7.22. The summed E-state index contributed by atoms with van der Waals surface area (Å²) in [5.41, 5.74) is 1.02. The summed E-state index contributed by atoms with van der Waals surface area (Å²) in [5, 5.41) is 7.01. The molecule has 0 aliphatic carbocycles. The zero-order chi connectivity index (χ0) is 8.27. The number of aromatic nitrogens is 1. The number of hydrogen-bond donors (Lipinski definition) is 1. The Kier molecular flexibility index (Phi) is 2.65. The summed E-state index contributed by atoms with van der Waals surface area (Å²) in [4.78, 5) is 0. The molecule has 1 rings (SSSR count). The van der Waals surface area contributed by atoms with Gasteiger partial charge in [-0.15, -0.1) is 0 Å². The molecule has 1 aromatic heterocycles. The summed E-state index contributed by atoms with van der Waals surface area (Å²) in [6.45, 7) is 4.96. The lowest BCUT2D eigenvalue weighted by molar-refractivity contribution is 0.386. The van der Waals surface area contributed by atoms with Crippen molar-refractivity contribution in [2.24, 2.45) is 0 Å². The summed E-state index contributed by atoms with van der Waals surface area (Å²) >= 11 is 0. The van der Waals surface area contributed by atoms with Gasteiger partial charge in [0.25, 0.3) is 0 Å². The third kappa shape index (κ3) is 2.05. The van der Waals surface area contributed by atoms with Gasteiger partial charge in [0.1, 0.15) is 5.76 Å². The highest BCUT2D eigenvalue weighted by molar-refractivity contribution is 5.08. The maximum Gasteiger partial charge on any atom is 0.133 e. The molecule has 0 aromatic carbocycles. The second kappa shape index (κ2) is 3.53. The molecule has 0 fully saturated rings. The van der Waals surface area contributed by atoms with Crippen LogP contribution in [0, 0.1) is 6.92 Å². The van der Waals surface area contributed by atoms with Crippen molar-refractivity contribution in [3.63, 3.8) is 0 Å². The second-order valence-electron chi connectivity index (χ2n) is 2.82. The molecule has 1 N–H and O–H groups in total. The van der Waals surface area contributed by atoms with Crippen LogP contribution in [0.25, 0.3) is 0 Å². The van der Waals surface area contributed by atoms with Crippen molar-refractivity contribution in [3.8, 4) is 0 Å². The van der Waals surface area contributed by atoms with Crippen molar-refractivity contribution >= 4 is 0 Å². The fourth-order valence-electron chi connectivity index (χ4n) is 1.03. The van der Waals surface area contributed by atoms with E-state index in [9.17, 15) is 0 Å². The first-order valence-corrected chi connectivity index (χ1v) is 3.82. The van der Waals surface area contributed by atoms with Crippen LogP contribution < -0.4 is 5.32 Å². The third-order valence-electron chi connectivity index (χ3n) is 1.66. The minimum absolute atomic E-state index is 0.428. The molecule has 1 atom stereocenters. The molecule has 1 heterocycles. The molecule has 11 heavy (non-hydrogen) atoms. The molecule has 3 heteroatoms.